The highest BCUT2D eigenvalue weighted by atomic mass is 32.2. The highest BCUT2D eigenvalue weighted by Crippen LogP contribution is 2.25. The van der Waals surface area contributed by atoms with Crippen LogP contribution < -0.4 is 10.6 Å². The van der Waals surface area contributed by atoms with E-state index in [1.165, 1.54) is 4.31 Å². The van der Waals surface area contributed by atoms with Crippen molar-refractivity contribution in [2.24, 2.45) is 11.8 Å². The van der Waals surface area contributed by atoms with Crippen LogP contribution in [0, 0.1) is 18.8 Å². The van der Waals surface area contributed by atoms with E-state index in [0.29, 0.717) is 11.6 Å². The van der Waals surface area contributed by atoms with Crippen LogP contribution in [0.5, 0.6) is 0 Å². The van der Waals surface area contributed by atoms with Crippen molar-refractivity contribution < 1.29 is 13.2 Å². The minimum atomic E-state index is -3.57. The van der Waals surface area contributed by atoms with Gasteiger partial charge in [-0.25, -0.2) is 8.42 Å². The number of amides is 1. The van der Waals surface area contributed by atoms with Crippen molar-refractivity contribution in [1.82, 2.24) is 9.62 Å². The molecule has 0 spiro atoms. The van der Waals surface area contributed by atoms with Crippen molar-refractivity contribution in [3.63, 3.8) is 0 Å². The number of aryl methyl sites for hydroxylation is 1. The molecule has 1 unspecified atom stereocenters. The van der Waals surface area contributed by atoms with E-state index in [1.54, 1.807) is 25.2 Å². The molecule has 1 fully saturated rings. The lowest BCUT2D eigenvalue weighted by Crippen LogP contribution is -2.48. The summed E-state index contributed by atoms with van der Waals surface area (Å²) in [6, 6.07) is 4.72. The zero-order valence-corrected chi connectivity index (χ0v) is 15.8. The van der Waals surface area contributed by atoms with E-state index in [0.717, 1.165) is 18.7 Å². The van der Waals surface area contributed by atoms with Crippen LogP contribution in [0.4, 0.5) is 5.69 Å². The SMILES string of the molecule is Cc1ccc(S(=O)(=O)N(C)C(C)C)cc1NC(=O)C(C)C1CNC1. The minimum Gasteiger partial charge on any atom is -0.326 e. The van der Waals surface area contributed by atoms with Crippen LogP contribution in [-0.2, 0) is 14.8 Å². The molecule has 1 aliphatic heterocycles. The molecule has 2 rings (SSSR count). The molecule has 0 saturated carbocycles. The normalized spacial score (nSPS) is 17.0. The van der Waals surface area contributed by atoms with Crippen LogP contribution >= 0.6 is 0 Å². The molecular weight excluding hydrogens is 326 g/mol. The van der Waals surface area contributed by atoms with Crippen LogP contribution in [0.1, 0.15) is 26.3 Å². The first-order valence-corrected chi connectivity index (χ1v) is 9.69. The molecule has 1 atom stereocenters. The summed E-state index contributed by atoms with van der Waals surface area (Å²) in [5.74, 6) is 0.157. The molecule has 24 heavy (non-hydrogen) atoms. The number of carbonyl (C=O) groups is 1. The van der Waals surface area contributed by atoms with Crippen molar-refractivity contribution >= 4 is 21.6 Å². The average Bonchev–Trinajstić information content (AvgIpc) is 2.46. The van der Waals surface area contributed by atoms with Gasteiger partial charge in [0.2, 0.25) is 15.9 Å². The van der Waals surface area contributed by atoms with Crippen LogP contribution in [0.2, 0.25) is 0 Å². The van der Waals surface area contributed by atoms with Crippen molar-refractivity contribution in [3.8, 4) is 0 Å². The Bertz CT molecular complexity index is 712. The second kappa shape index (κ2) is 7.21. The highest BCUT2D eigenvalue weighted by molar-refractivity contribution is 7.89. The molecule has 6 nitrogen and oxygen atoms in total. The number of anilines is 1. The molecule has 0 bridgehead atoms. The highest BCUT2D eigenvalue weighted by Gasteiger charge is 2.29. The van der Waals surface area contributed by atoms with Gasteiger partial charge in [0.15, 0.2) is 0 Å². The Hall–Kier alpha value is -1.44. The van der Waals surface area contributed by atoms with Gasteiger partial charge < -0.3 is 10.6 Å². The molecule has 0 aromatic heterocycles. The predicted octanol–water partition coefficient (Wildman–Crippen LogP) is 1.82. The molecule has 1 amide bonds. The number of hydrogen-bond donors (Lipinski definition) is 2. The van der Waals surface area contributed by atoms with E-state index >= 15 is 0 Å². The maximum atomic E-state index is 12.6. The maximum Gasteiger partial charge on any atom is 0.243 e. The minimum absolute atomic E-state index is 0.0728. The number of rotatable bonds is 6. The molecule has 0 radical (unpaired) electrons. The van der Waals surface area contributed by atoms with Crippen LogP contribution in [0.15, 0.2) is 23.1 Å². The van der Waals surface area contributed by atoms with E-state index in [1.807, 2.05) is 27.7 Å². The molecule has 1 saturated heterocycles. The summed E-state index contributed by atoms with van der Waals surface area (Å²) < 4.78 is 26.6. The zero-order chi connectivity index (χ0) is 18.1. The quantitative estimate of drug-likeness (QED) is 0.818. The van der Waals surface area contributed by atoms with Gasteiger partial charge in [0, 0.05) is 24.7 Å². The van der Waals surface area contributed by atoms with Crippen molar-refractivity contribution in [1.29, 1.82) is 0 Å². The Morgan fingerprint density at radius 1 is 1.29 bits per heavy atom. The molecule has 0 aliphatic carbocycles. The third-order valence-electron chi connectivity index (χ3n) is 4.80. The van der Waals surface area contributed by atoms with E-state index < -0.39 is 10.0 Å². The number of carbonyl (C=O) groups excluding carboxylic acids is 1. The summed E-state index contributed by atoms with van der Waals surface area (Å²) >= 11 is 0. The molecule has 1 aliphatic rings. The number of sulfonamides is 1. The Morgan fingerprint density at radius 2 is 1.92 bits per heavy atom. The van der Waals surface area contributed by atoms with Crippen molar-refractivity contribution in [2.75, 3.05) is 25.5 Å². The second-order valence-electron chi connectivity index (χ2n) is 6.79. The summed E-state index contributed by atoms with van der Waals surface area (Å²) in [6.07, 6.45) is 0. The first kappa shape index (κ1) is 18.9. The Morgan fingerprint density at radius 3 is 2.42 bits per heavy atom. The van der Waals surface area contributed by atoms with Crippen LogP contribution in [0.25, 0.3) is 0 Å². The summed E-state index contributed by atoms with van der Waals surface area (Å²) in [6.45, 7) is 9.10. The average molecular weight is 353 g/mol. The van der Waals surface area contributed by atoms with E-state index in [4.69, 9.17) is 0 Å². The van der Waals surface area contributed by atoms with Gasteiger partial charge >= 0.3 is 0 Å². The lowest BCUT2D eigenvalue weighted by molar-refractivity contribution is -0.121. The first-order chi connectivity index (χ1) is 11.1. The second-order valence-corrected chi connectivity index (χ2v) is 8.79. The molecule has 1 heterocycles. The lowest BCUT2D eigenvalue weighted by Gasteiger charge is -2.31. The maximum absolute atomic E-state index is 12.6. The number of hydrogen-bond acceptors (Lipinski definition) is 4. The summed E-state index contributed by atoms with van der Waals surface area (Å²) in [5, 5.41) is 6.05. The summed E-state index contributed by atoms with van der Waals surface area (Å²) in [4.78, 5) is 12.6. The van der Waals surface area contributed by atoms with Crippen molar-refractivity contribution in [3.05, 3.63) is 23.8 Å². The summed E-state index contributed by atoms with van der Waals surface area (Å²) in [7, 11) is -2.01. The van der Waals surface area contributed by atoms with Crippen molar-refractivity contribution in [2.45, 2.75) is 38.6 Å². The van der Waals surface area contributed by atoms with Gasteiger partial charge in [0.25, 0.3) is 0 Å². The van der Waals surface area contributed by atoms with E-state index in [-0.39, 0.29) is 22.8 Å². The summed E-state index contributed by atoms with van der Waals surface area (Å²) in [5.41, 5.74) is 1.39. The smallest absolute Gasteiger partial charge is 0.243 e. The Labute approximate surface area is 144 Å². The predicted molar refractivity (Wildman–Crippen MR) is 95.4 cm³/mol. The van der Waals surface area contributed by atoms with Gasteiger partial charge in [-0.2, -0.15) is 4.31 Å². The topological polar surface area (TPSA) is 78.5 Å². The standard InChI is InChI=1S/C17H27N3O3S/c1-11(2)20(5)24(22,23)15-7-6-12(3)16(8-15)19-17(21)13(4)14-9-18-10-14/h6-8,11,13-14,18H,9-10H2,1-5H3,(H,19,21). The number of benzene rings is 1. The van der Waals surface area contributed by atoms with Gasteiger partial charge in [-0.3, -0.25) is 4.79 Å². The Kier molecular flexibility index (Phi) is 5.67. The number of nitrogens with one attached hydrogen (secondary N) is 2. The first-order valence-electron chi connectivity index (χ1n) is 8.25. The van der Waals surface area contributed by atoms with Gasteiger partial charge in [0.1, 0.15) is 0 Å². The zero-order valence-electron chi connectivity index (χ0n) is 15.0. The fourth-order valence-corrected chi connectivity index (χ4v) is 3.86. The van der Waals surface area contributed by atoms with Gasteiger partial charge in [-0.05, 0) is 57.5 Å². The molecular formula is C17H27N3O3S. The fourth-order valence-electron chi connectivity index (χ4n) is 2.47. The third kappa shape index (κ3) is 3.79. The molecule has 2 N–H and O–H groups in total. The van der Waals surface area contributed by atoms with Crippen LogP contribution in [-0.4, -0.2) is 44.8 Å². The monoisotopic (exact) mass is 353 g/mol. The van der Waals surface area contributed by atoms with Gasteiger partial charge in [0.05, 0.1) is 4.90 Å². The lowest BCUT2D eigenvalue weighted by atomic mass is 9.88. The molecule has 7 heteroatoms. The van der Waals surface area contributed by atoms with E-state index in [9.17, 15) is 13.2 Å². The third-order valence-corrected chi connectivity index (χ3v) is 6.83. The number of nitrogens with zero attached hydrogens (tertiary/aromatic N) is 1. The van der Waals surface area contributed by atoms with Gasteiger partial charge in [-0.1, -0.05) is 13.0 Å². The van der Waals surface area contributed by atoms with E-state index in [2.05, 4.69) is 10.6 Å². The van der Waals surface area contributed by atoms with Crippen LogP contribution in [0.3, 0.4) is 0 Å². The fraction of sp³-hybridized carbons (Fsp3) is 0.588. The molecule has 1 aromatic rings. The Balaban J connectivity index is 2.24. The largest absolute Gasteiger partial charge is 0.326 e. The molecule has 134 valence electrons. The molecule has 1 aromatic carbocycles. The van der Waals surface area contributed by atoms with Gasteiger partial charge in [-0.15, -0.1) is 0 Å².